The molecule has 0 radical (unpaired) electrons. The van der Waals surface area contributed by atoms with Crippen molar-refractivity contribution in [2.75, 3.05) is 6.61 Å². The zero-order valence-electron chi connectivity index (χ0n) is 12.9. The molecule has 0 aromatic heterocycles. The van der Waals surface area contributed by atoms with Crippen LogP contribution in [0.1, 0.15) is 46.5 Å². The predicted molar refractivity (Wildman–Crippen MR) is 88.6 cm³/mol. The molecule has 112 valence electrons. The van der Waals surface area contributed by atoms with Gasteiger partial charge in [0.25, 0.3) is 0 Å². The fraction of sp³-hybridized carbons (Fsp3) is 0.556. The lowest BCUT2D eigenvalue weighted by atomic mass is 9.87. The average molecular weight is 295 g/mol. The van der Waals surface area contributed by atoms with Crippen molar-refractivity contribution in [1.82, 2.24) is 0 Å². The molecule has 2 unspecified atom stereocenters. The van der Waals surface area contributed by atoms with Crippen LogP contribution in [0, 0.1) is 11.8 Å². The van der Waals surface area contributed by atoms with Crippen molar-refractivity contribution in [3.05, 3.63) is 41.4 Å². The average Bonchev–Trinajstić information content (AvgIpc) is 2.45. The molecule has 1 aromatic rings. The number of halogens is 1. The highest BCUT2D eigenvalue weighted by Gasteiger charge is 2.10. The first-order valence-electron chi connectivity index (χ1n) is 7.72. The lowest BCUT2D eigenvalue weighted by molar-refractivity contribution is 0.324. The molecule has 20 heavy (non-hydrogen) atoms. The van der Waals surface area contributed by atoms with E-state index in [0.29, 0.717) is 12.5 Å². The Hall–Kier alpha value is -0.950. The van der Waals surface area contributed by atoms with E-state index < -0.39 is 0 Å². The van der Waals surface area contributed by atoms with Gasteiger partial charge < -0.3 is 4.74 Å². The molecule has 2 heteroatoms. The van der Waals surface area contributed by atoms with E-state index in [2.05, 4.69) is 32.9 Å². The van der Waals surface area contributed by atoms with Crippen molar-refractivity contribution >= 4 is 11.6 Å². The van der Waals surface area contributed by atoms with Gasteiger partial charge in [0.1, 0.15) is 5.75 Å². The zero-order chi connectivity index (χ0) is 14.8. The van der Waals surface area contributed by atoms with Gasteiger partial charge in [0.05, 0.1) is 6.61 Å². The molecule has 0 spiro atoms. The Bertz CT molecular complexity index is 400. The maximum absolute atomic E-state index is 5.92. The van der Waals surface area contributed by atoms with E-state index in [1.165, 1.54) is 19.3 Å². The summed E-state index contributed by atoms with van der Waals surface area (Å²) in [7, 11) is 0. The summed E-state index contributed by atoms with van der Waals surface area (Å²) in [5.41, 5.74) is 0. The van der Waals surface area contributed by atoms with Crippen LogP contribution in [0.5, 0.6) is 5.75 Å². The SMILES string of the molecule is CCCC(/C=C/CCOc1cccc(Cl)c1)C(C)CC. The van der Waals surface area contributed by atoms with Gasteiger partial charge >= 0.3 is 0 Å². The highest BCUT2D eigenvalue weighted by Crippen LogP contribution is 2.22. The quantitative estimate of drug-likeness (QED) is 0.393. The Morgan fingerprint density at radius 1 is 1.30 bits per heavy atom. The fourth-order valence-electron chi connectivity index (χ4n) is 2.28. The van der Waals surface area contributed by atoms with Gasteiger partial charge in [-0.25, -0.2) is 0 Å². The monoisotopic (exact) mass is 294 g/mol. The highest BCUT2D eigenvalue weighted by atomic mass is 35.5. The summed E-state index contributed by atoms with van der Waals surface area (Å²) < 4.78 is 5.68. The van der Waals surface area contributed by atoms with Crippen molar-refractivity contribution in [2.24, 2.45) is 11.8 Å². The number of rotatable bonds is 9. The first-order chi connectivity index (χ1) is 9.67. The predicted octanol–water partition coefficient (Wildman–Crippen LogP) is 6.13. The largest absolute Gasteiger partial charge is 0.493 e. The molecule has 0 aliphatic carbocycles. The molecular weight excluding hydrogens is 268 g/mol. The Morgan fingerprint density at radius 3 is 2.75 bits per heavy atom. The molecule has 1 rings (SSSR count). The molecule has 0 heterocycles. The number of ether oxygens (including phenoxy) is 1. The number of hydrogen-bond donors (Lipinski definition) is 0. The summed E-state index contributed by atoms with van der Waals surface area (Å²) in [6, 6.07) is 7.56. The number of allylic oxidation sites excluding steroid dienone is 1. The molecule has 0 N–H and O–H groups in total. The van der Waals surface area contributed by atoms with E-state index in [1.807, 2.05) is 24.3 Å². The minimum absolute atomic E-state index is 0.705. The summed E-state index contributed by atoms with van der Waals surface area (Å²) in [5, 5.41) is 0.720. The zero-order valence-corrected chi connectivity index (χ0v) is 13.7. The molecule has 0 aliphatic heterocycles. The van der Waals surface area contributed by atoms with Gasteiger partial charge in [0, 0.05) is 5.02 Å². The van der Waals surface area contributed by atoms with E-state index in [0.717, 1.165) is 23.1 Å². The van der Waals surface area contributed by atoms with Crippen molar-refractivity contribution < 1.29 is 4.74 Å². The van der Waals surface area contributed by atoms with Crippen LogP contribution < -0.4 is 4.74 Å². The van der Waals surface area contributed by atoms with Gasteiger partial charge in [-0.15, -0.1) is 0 Å². The van der Waals surface area contributed by atoms with E-state index >= 15 is 0 Å². The Balaban J connectivity index is 2.33. The third-order valence-corrected chi connectivity index (χ3v) is 3.96. The van der Waals surface area contributed by atoms with E-state index in [1.54, 1.807) is 0 Å². The third-order valence-electron chi connectivity index (χ3n) is 3.73. The molecular formula is C18H27ClO. The summed E-state index contributed by atoms with van der Waals surface area (Å²) in [5.74, 6) is 2.31. The van der Waals surface area contributed by atoms with Crippen LogP contribution in [0.15, 0.2) is 36.4 Å². The van der Waals surface area contributed by atoms with Gasteiger partial charge in [-0.2, -0.15) is 0 Å². The Kier molecular flexibility index (Phi) is 8.45. The summed E-state index contributed by atoms with van der Waals surface area (Å²) in [4.78, 5) is 0. The van der Waals surface area contributed by atoms with Crippen LogP contribution in [0.3, 0.4) is 0 Å². The smallest absolute Gasteiger partial charge is 0.120 e. The van der Waals surface area contributed by atoms with E-state index in [-0.39, 0.29) is 0 Å². The third kappa shape index (κ3) is 6.47. The van der Waals surface area contributed by atoms with E-state index in [9.17, 15) is 0 Å². The number of benzene rings is 1. The standard InChI is InChI=1S/C18H27ClO/c1-4-9-16(15(3)5-2)10-6-7-13-20-18-12-8-11-17(19)14-18/h6,8,10-12,14-16H,4-5,7,9,13H2,1-3H3/b10-6+. The van der Waals surface area contributed by atoms with Crippen LogP contribution in [-0.2, 0) is 0 Å². The van der Waals surface area contributed by atoms with Gasteiger partial charge in [-0.05, 0) is 42.9 Å². The summed E-state index contributed by atoms with van der Waals surface area (Å²) in [6.45, 7) is 7.57. The first kappa shape index (κ1) is 17.1. The minimum Gasteiger partial charge on any atom is -0.493 e. The molecule has 0 fully saturated rings. The molecule has 1 aromatic carbocycles. The molecule has 0 bridgehead atoms. The molecule has 0 saturated heterocycles. The van der Waals surface area contributed by atoms with Gasteiger partial charge in [-0.3, -0.25) is 0 Å². The van der Waals surface area contributed by atoms with Crippen LogP contribution in [-0.4, -0.2) is 6.61 Å². The number of hydrogen-bond acceptors (Lipinski definition) is 1. The molecule has 0 aliphatic rings. The second kappa shape index (κ2) is 9.88. The van der Waals surface area contributed by atoms with Crippen molar-refractivity contribution in [3.63, 3.8) is 0 Å². The topological polar surface area (TPSA) is 9.23 Å². The fourth-order valence-corrected chi connectivity index (χ4v) is 2.46. The molecule has 2 atom stereocenters. The maximum Gasteiger partial charge on any atom is 0.120 e. The maximum atomic E-state index is 5.92. The molecule has 1 nitrogen and oxygen atoms in total. The van der Waals surface area contributed by atoms with Gasteiger partial charge in [0.15, 0.2) is 0 Å². The lowest BCUT2D eigenvalue weighted by Gasteiger charge is -2.18. The normalized spacial score (nSPS) is 14.4. The van der Waals surface area contributed by atoms with Crippen molar-refractivity contribution in [3.8, 4) is 5.75 Å². The van der Waals surface area contributed by atoms with Gasteiger partial charge in [0.2, 0.25) is 0 Å². The van der Waals surface area contributed by atoms with Crippen LogP contribution in [0.4, 0.5) is 0 Å². The molecule has 0 amide bonds. The van der Waals surface area contributed by atoms with Crippen LogP contribution in [0.25, 0.3) is 0 Å². The second-order valence-electron chi connectivity index (χ2n) is 5.36. The minimum atomic E-state index is 0.705. The van der Waals surface area contributed by atoms with Crippen molar-refractivity contribution in [1.29, 1.82) is 0 Å². The van der Waals surface area contributed by atoms with E-state index in [4.69, 9.17) is 16.3 Å². The highest BCUT2D eigenvalue weighted by molar-refractivity contribution is 6.30. The lowest BCUT2D eigenvalue weighted by Crippen LogP contribution is -2.08. The second-order valence-corrected chi connectivity index (χ2v) is 5.80. The van der Waals surface area contributed by atoms with Gasteiger partial charge in [-0.1, -0.05) is 63.4 Å². The van der Waals surface area contributed by atoms with Crippen LogP contribution >= 0.6 is 11.6 Å². The Morgan fingerprint density at radius 2 is 2.10 bits per heavy atom. The van der Waals surface area contributed by atoms with Crippen LogP contribution in [0.2, 0.25) is 5.02 Å². The van der Waals surface area contributed by atoms with Crippen molar-refractivity contribution in [2.45, 2.75) is 46.5 Å². The summed E-state index contributed by atoms with van der Waals surface area (Å²) in [6.07, 6.45) is 9.35. The summed E-state index contributed by atoms with van der Waals surface area (Å²) >= 11 is 5.92. The molecule has 0 saturated carbocycles. The first-order valence-corrected chi connectivity index (χ1v) is 8.10. The Labute approximate surface area is 129 Å².